The van der Waals surface area contributed by atoms with Crippen molar-refractivity contribution in [2.24, 2.45) is 17.4 Å². The lowest BCUT2D eigenvalue weighted by Crippen LogP contribution is -2.64. The number of primary amides is 1. The summed E-state index contributed by atoms with van der Waals surface area (Å²) in [5, 5.41) is 131. The Labute approximate surface area is 584 Å². The minimum absolute atomic E-state index is 0.0975. The van der Waals surface area contributed by atoms with Crippen LogP contribution >= 0.6 is 23.2 Å². The number of amides is 7. The van der Waals surface area contributed by atoms with E-state index in [0.29, 0.717) is 0 Å². The molecule has 2 fully saturated rings. The molecule has 2 saturated heterocycles. The number of phenolic OH excluding ortho intramolecular Hbond substituents is 3. The predicted molar refractivity (Wildman–Crippen MR) is 349 cm³/mol. The summed E-state index contributed by atoms with van der Waals surface area (Å²) in [4.78, 5) is 117. The quantitative estimate of drug-likeness (QED) is 0.0743. The summed E-state index contributed by atoms with van der Waals surface area (Å²) in [6.45, 7) is 5.66. The first-order chi connectivity index (χ1) is 47.7. The number of nitrogens with two attached hydrogens (primary N) is 2. The van der Waals surface area contributed by atoms with E-state index in [0.717, 1.165) is 66.7 Å². The molecule has 0 aliphatic carbocycles. The molecular weight excluding hydrogens is 1370 g/mol. The summed E-state index contributed by atoms with van der Waals surface area (Å²) >= 11 is 14.1. The van der Waals surface area contributed by atoms with Gasteiger partial charge < -0.3 is 128 Å². The van der Waals surface area contributed by atoms with E-state index in [1.54, 1.807) is 0 Å². The topological polar surface area (TPSA) is 530 Å². The van der Waals surface area contributed by atoms with E-state index in [1.807, 2.05) is 13.8 Å². The normalized spacial score (nSPS) is 29.4. The van der Waals surface area contributed by atoms with Gasteiger partial charge in [-0.05, 0) is 110 Å². The van der Waals surface area contributed by atoms with Gasteiger partial charge in [0.25, 0.3) is 0 Å². The van der Waals surface area contributed by atoms with E-state index in [1.165, 1.54) is 33.0 Å². The molecule has 5 aromatic rings. The number of aromatic hydroxyl groups is 3. The molecule has 542 valence electrons. The molecule has 35 heteroatoms. The third kappa shape index (κ3) is 15.8. The highest BCUT2D eigenvalue weighted by Crippen LogP contribution is 2.50. The lowest BCUT2D eigenvalue weighted by atomic mass is 9.86. The van der Waals surface area contributed by atoms with Crippen molar-refractivity contribution >= 4 is 70.5 Å². The number of carboxylic acids is 1. The van der Waals surface area contributed by atoms with Crippen LogP contribution in [0.5, 0.6) is 46.0 Å². The second-order valence-corrected chi connectivity index (χ2v) is 26.5. The Morgan fingerprint density at radius 1 is 0.713 bits per heavy atom. The molecule has 0 saturated carbocycles. The fourth-order valence-corrected chi connectivity index (χ4v) is 12.9. The van der Waals surface area contributed by atoms with Gasteiger partial charge in [0.1, 0.15) is 89.5 Å². The molecule has 7 aliphatic rings. The molecule has 101 heavy (non-hydrogen) atoms. The average Bonchev–Trinajstić information content (AvgIpc) is 0.775. The Kier molecular flexibility index (Phi) is 22.2. The minimum Gasteiger partial charge on any atom is -0.508 e. The van der Waals surface area contributed by atoms with Crippen LogP contribution in [-0.2, 0) is 52.6 Å². The molecule has 7 aliphatic heterocycles. The van der Waals surface area contributed by atoms with Gasteiger partial charge in [0.15, 0.2) is 29.9 Å². The van der Waals surface area contributed by atoms with Crippen LogP contribution < -0.4 is 62.9 Å². The summed E-state index contributed by atoms with van der Waals surface area (Å²) in [5.74, 6) is -16.0. The SMILES string of the molecule is CN[C@H](CC(C)C)C(=O)N[C@H]1C(=O)NC(CC(N)=O)C(=O)N[C@H]2C(=O)N[C@H]3C(=O)N[C@H](C(=O)N[C@H](C(=O)O)c4cc(O)cc(O)c4-c4cc3ccc4O)[C@H](O)c3ccc(c(Cl)c3)Oc3cc2cc(c3O[C@@H]2OC(CO)[C@@H](O)C(O)C2O[C@H]2CC(C)(N)[C@H](O)C(C)O2)Oc2ccc(cc2Cl)[C@H]1O. The minimum atomic E-state index is -2.35. The predicted octanol–water partition coefficient (Wildman–Crippen LogP) is 0.106. The van der Waals surface area contributed by atoms with Gasteiger partial charge in [-0.2, -0.15) is 0 Å². The zero-order chi connectivity index (χ0) is 73.5. The highest BCUT2D eigenvalue weighted by molar-refractivity contribution is 6.32. The number of phenols is 3. The number of halogens is 2. The summed E-state index contributed by atoms with van der Waals surface area (Å²) in [7, 11) is 1.47. The van der Waals surface area contributed by atoms with Crippen LogP contribution in [0, 0.1) is 5.92 Å². The third-order valence-corrected chi connectivity index (χ3v) is 18.4. The van der Waals surface area contributed by atoms with Gasteiger partial charge in [0.2, 0.25) is 53.4 Å². The maximum atomic E-state index is 16.0. The smallest absolute Gasteiger partial charge is 0.330 e. The van der Waals surface area contributed by atoms with Crippen molar-refractivity contribution in [3.8, 4) is 57.1 Å². The van der Waals surface area contributed by atoms with E-state index in [-0.39, 0.29) is 46.2 Å². The molecule has 0 radical (unpaired) electrons. The van der Waals surface area contributed by atoms with Gasteiger partial charge in [0, 0.05) is 34.7 Å². The van der Waals surface area contributed by atoms with Crippen molar-refractivity contribution in [3.05, 3.63) is 117 Å². The van der Waals surface area contributed by atoms with Crippen molar-refractivity contribution in [1.82, 2.24) is 37.2 Å². The van der Waals surface area contributed by atoms with Crippen molar-refractivity contribution in [1.29, 1.82) is 0 Å². The fourth-order valence-electron chi connectivity index (χ4n) is 12.5. The standard InChI is InChI=1S/C66H75Cl2N9O24/c1-23(2)12-34(71-5)58(88)76-49-51(83)26-7-10-38(32(67)14-26)97-40-16-28-17-41(55(40)101-65-56(54(86)53(85)42(22-78)99-65)100-44-21-66(4,70)57(87)24(3)96-44)98-39-11-8-27(15-33(39)68)52(84)50-63(93)75-48(64(94)95)31-18-29(79)19-37(81)45(31)30-13-25(6-9-36(30)80)46(60(90)77-50)74-61(91)47(28)73-59(89)35(20-43(69)82)72-62(49)92/h6-11,13-19,23-24,34-35,42,44,46-54,56-57,65,71,78-81,83-87H,12,20-22,70H2,1-5H3,(H2,69,82)(H,72,92)(H,73,89)(H,74,91)(H,75,93)(H,76,88)(H,77,90)(H,94,95)/t24?,34-,35?,42?,44+,46-,47-,48+,49-,50+,51-,52-,53-,54?,56?,57-,65+,66?/m1/s1. The first kappa shape index (κ1) is 74.5. The van der Waals surface area contributed by atoms with Crippen molar-refractivity contribution in [3.63, 3.8) is 0 Å². The van der Waals surface area contributed by atoms with Crippen LogP contribution in [0.3, 0.4) is 0 Å². The Balaban J connectivity index is 1.24. The molecular formula is C66H75Cl2N9O24. The van der Waals surface area contributed by atoms with E-state index < -0.39 is 237 Å². The molecule has 0 spiro atoms. The number of rotatable bonds is 13. The molecule has 6 unspecified atom stereocenters. The highest BCUT2D eigenvalue weighted by atomic mass is 35.5. The Hall–Kier alpha value is -9.20. The first-order valence-corrected chi connectivity index (χ1v) is 32.4. The molecule has 7 amide bonds. The first-order valence-electron chi connectivity index (χ1n) is 31.6. The Morgan fingerprint density at radius 3 is 1.90 bits per heavy atom. The van der Waals surface area contributed by atoms with Crippen LogP contribution in [0.1, 0.15) is 105 Å². The van der Waals surface area contributed by atoms with Gasteiger partial charge in [-0.15, -0.1) is 0 Å². The van der Waals surface area contributed by atoms with Crippen LogP contribution in [0.25, 0.3) is 11.1 Å². The number of aliphatic carboxylic acids is 1. The number of nitrogens with one attached hydrogen (secondary N) is 7. The van der Waals surface area contributed by atoms with Gasteiger partial charge >= 0.3 is 5.97 Å². The number of fused-ring (bicyclic) bond motifs is 15. The van der Waals surface area contributed by atoms with Crippen molar-refractivity contribution in [2.75, 3.05) is 13.7 Å². The number of likely N-dealkylation sites (N-methyl/N-ethyl adjacent to an activating group) is 1. The third-order valence-electron chi connectivity index (χ3n) is 17.8. The number of hydrogen-bond donors (Lipinski definition) is 19. The summed E-state index contributed by atoms with van der Waals surface area (Å²) in [6, 6.07) is -0.679. The molecule has 18 atom stereocenters. The largest absolute Gasteiger partial charge is 0.508 e. The zero-order valence-corrected chi connectivity index (χ0v) is 55.8. The van der Waals surface area contributed by atoms with E-state index in [4.69, 9.17) is 63.1 Å². The number of aliphatic hydroxyl groups excluding tert-OH is 6. The number of ether oxygens (including phenoxy) is 6. The second-order valence-electron chi connectivity index (χ2n) is 25.7. The Bertz CT molecular complexity index is 4070. The Morgan fingerprint density at radius 2 is 1.32 bits per heavy atom. The van der Waals surface area contributed by atoms with Crippen LogP contribution in [-0.4, -0.2) is 191 Å². The number of carboxylic acid groups (broad SMARTS) is 1. The number of carbonyl (C=O) groups is 8. The van der Waals surface area contributed by atoms with Gasteiger partial charge in [-0.3, -0.25) is 33.6 Å². The number of aliphatic hydroxyl groups is 6. The molecule has 5 aromatic carbocycles. The highest BCUT2D eigenvalue weighted by Gasteiger charge is 2.51. The van der Waals surface area contributed by atoms with Gasteiger partial charge in [0.05, 0.1) is 41.3 Å². The van der Waals surface area contributed by atoms with E-state index in [9.17, 15) is 75.0 Å². The van der Waals surface area contributed by atoms with Crippen LogP contribution in [0.15, 0.2) is 78.9 Å². The number of carbonyl (C=O) groups excluding carboxylic acids is 7. The zero-order valence-electron chi connectivity index (χ0n) is 54.3. The number of benzene rings is 5. The summed E-state index contributed by atoms with van der Waals surface area (Å²) in [5.41, 5.74) is 8.00. The van der Waals surface area contributed by atoms with Gasteiger partial charge in [-0.1, -0.05) is 55.2 Å². The summed E-state index contributed by atoms with van der Waals surface area (Å²) in [6.07, 6.45) is -18.6. The average molecular weight is 1450 g/mol. The molecule has 7 heterocycles. The van der Waals surface area contributed by atoms with Gasteiger partial charge in [-0.25, -0.2) is 4.79 Å². The molecule has 33 nitrogen and oxygen atoms in total. The maximum absolute atomic E-state index is 16.0. The van der Waals surface area contributed by atoms with E-state index in [2.05, 4.69) is 37.2 Å². The van der Waals surface area contributed by atoms with Crippen LogP contribution in [0.2, 0.25) is 10.0 Å². The van der Waals surface area contributed by atoms with Crippen LogP contribution in [0.4, 0.5) is 0 Å². The molecule has 0 aromatic heterocycles. The summed E-state index contributed by atoms with van der Waals surface area (Å²) < 4.78 is 38.3. The molecule has 21 N–H and O–H groups in total. The monoisotopic (exact) mass is 1450 g/mol. The lowest BCUT2D eigenvalue weighted by molar-refractivity contribution is -0.333. The maximum Gasteiger partial charge on any atom is 0.330 e. The fraction of sp³-hybridized carbons (Fsp3) is 0.424. The van der Waals surface area contributed by atoms with E-state index >= 15 is 14.4 Å². The van der Waals surface area contributed by atoms with Crippen molar-refractivity contribution in [2.45, 2.75) is 156 Å². The second kappa shape index (κ2) is 30.2. The lowest BCUT2D eigenvalue weighted by Gasteiger charge is -2.47. The number of hydrogen-bond acceptors (Lipinski definition) is 25. The molecule has 12 rings (SSSR count). The molecule has 11 bridgehead atoms. The van der Waals surface area contributed by atoms with Crippen molar-refractivity contribution < 1.29 is 118 Å².